The van der Waals surface area contributed by atoms with Gasteiger partial charge in [0.05, 0.1) is 17.1 Å². The van der Waals surface area contributed by atoms with Crippen LogP contribution < -0.4 is 31.4 Å². The fourth-order valence-corrected chi connectivity index (χ4v) is 12.8. The summed E-state index contributed by atoms with van der Waals surface area (Å²) in [4.78, 5) is 0. The molecule has 9 N–H and O–H groups in total. The third kappa shape index (κ3) is 5.48. The monoisotopic (exact) mass is 715 g/mol. The molecule has 0 atom stereocenters. The van der Waals surface area contributed by atoms with Crippen LogP contribution in [-0.2, 0) is 10.8 Å². The lowest BCUT2D eigenvalue weighted by atomic mass is 9.46. The Labute approximate surface area is 310 Å². The van der Waals surface area contributed by atoms with E-state index in [4.69, 9.17) is 31.4 Å². The molecule has 0 amide bonds. The van der Waals surface area contributed by atoms with Crippen molar-refractivity contribution in [1.29, 1.82) is 0 Å². The van der Waals surface area contributed by atoms with Gasteiger partial charge in [0, 0.05) is 46.2 Å². The molecule has 8 fully saturated rings. The lowest BCUT2D eigenvalue weighted by molar-refractivity contribution is -0.0110. The van der Waals surface area contributed by atoms with Crippen molar-refractivity contribution in [2.75, 3.05) is 17.2 Å². The predicted molar refractivity (Wildman–Crippen MR) is 204 cm³/mol. The molecule has 53 heavy (non-hydrogen) atoms. The molecule has 0 aliphatic heterocycles. The number of aromatic hydroxyl groups is 3. The number of benzene rings is 4. The van der Waals surface area contributed by atoms with Gasteiger partial charge >= 0.3 is 0 Å². The molecular formula is C44H49N3O6. The third-order valence-corrected chi connectivity index (χ3v) is 14.0. The molecule has 0 saturated heterocycles. The number of hydrogen-bond acceptors (Lipinski definition) is 9. The van der Waals surface area contributed by atoms with Crippen LogP contribution in [0.4, 0.5) is 17.1 Å². The first kappa shape index (κ1) is 32.7. The molecule has 8 aliphatic carbocycles. The fourth-order valence-electron chi connectivity index (χ4n) is 12.8. The van der Waals surface area contributed by atoms with Crippen molar-refractivity contribution in [2.24, 2.45) is 35.5 Å². The molecular weight excluding hydrogens is 666 g/mol. The Morgan fingerprint density at radius 3 is 1.04 bits per heavy atom. The number of phenols is 3. The van der Waals surface area contributed by atoms with E-state index in [2.05, 4.69) is 6.07 Å². The average molecular weight is 716 g/mol. The van der Waals surface area contributed by atoms with E-state index in [1.807, 2.05) is 6.07 Å². The summed E-state index contributed by atoms with van der Waals surface area (Å²) in [6.07, 6.45) is 13.9. The van der Waals surface area contributed by atoms with Gasteiger partial charge in [0.2, 0.25) is 0 Å². The van der Waals surface area contributed by atoms with Gasteiger partial charge in [-0.3, -0.25) is 0 Å². The van der Waals surface area contributed by atoms with E-state index >= 15 is 0 Å². The second kappa shape index (κ2) is 11.8. The number of anilines is 3. The Kier molecular flexibility index (Phi) is 7.28. The Hall–Kier alpha value is -4.92. The molecule has 0 aromatic heterocycles. The standard InChI is InChI=1S/C44H49N3O6/c45-32-4-1-29(13-35(32)48)51-38-16-39(52-30-2-5-33(46)36(49)14-30)41(44-20-26-10-27(21-44)12-28(11-26)22-44)42(53-31-3-6-34(47)37(50)15-31)40(38)43-17-23-7-24(18-43)9-25(8-23)19-43/h1-6,13-16,23-28,48-50H,7-12,17-22,45-47H2. The lowest BCUT2D eigenvalue weighted by Crippen LogP contribution is -2.50. The zero-order valence-electron chi connectivity index (χ0n) is 30.0. The van der Waals surface area contributed by atoms with Crippen molar-refractivity contribution in [3.05, 3.63) is 71.8 Å². The first-order valence-corrected chi connectivity index (χ1v) is 19.5. The normalized spacial score (nSPS) is 31.8. The van der Waals surface area contributed by atoms with E-state index in [-0.39, 0.29) is 45.1 Å². The highest BCUT2D eigenvalue weighted by Gasteiger charge is 2.58. The van der Waals surface area contributed by atoms with Gasteiger partial charge in [0.25, 0.3) is 0 Å². The minimum atomic E-state index is -0.194. The molecule has 4 aromatic rings. The molecule has 8 bridgehead atoms. The third-order valence-electron chi connectivity index (χ3n) is 14.0. The van der Waals surface area contributed by atoms with Crippen LogP contribution in [0.15, 0.2) is 60.7 Å². The van der Waals surface area contributed by atoms with E-state index in [1.165, 1.54) is 38.5 Å². The van der Waals surface area contributed by atoms with Crippen LogP contribution in [0.25, 0.3) is 0 Å². The zero-order chi connectivity index (χ0) is 36.2. The van der Waals surface area contributed by atoms with Crippen molar-refractivity contribution in [3.8, 4) is 51.7 Å². The first-order valence-electron chi connectivity index (χ1n) is 19.5. The highest BCUT2D eigenvalue weighted by molar-refractivity contribution is 5.67. The highest BCUT2D eigenvalue weighted by atomic mass is 16.5. The van der Waals surface area contributed by atoms with Gasteiger partial charge in [-0.1, -0.05) is 0 Å². The Balaban J connectivity index is 1.26. The van der Waals surface area contributed by atoms with Gasteiger partial charge in [-0.15, -0.1) is 0 Å². The minimum Gasteiger partial charge on any atom is -0.506 e. The van der Waals surface area contributed by atoms with Gasteiger partial charge in [0.15, 0.2) is 0 Å². The topological polar surface area (TPSA) is 166 Å². The summed E-state index contributed by atoms with van der Waals surface area (Å²) in [6.45, 7) is 0. The van der Waals surface area contributed by atoms with Crippen LogP contribution >= 0.6 is 0 Å². The molecule has 12 rings (SSSR count). The molecule has 8 aliphatic rings. The smallest absolute Gasteiger partial charge is 0.142 e. The molecule has 0 radical (unpaired) electrons. The maximum Gasteiger partial charge on any atom is 0.142 e. The average Bonchev–Trinajstić information content (AvgIpc) is 3.08. The van der Waals surface area contributed by atoms with E-state index < -0.39 is 0 Å². The zero-order valence-corrected chi connectivity index (χ0v) is 30.0. The van der Waals surface area contributed by atoms with Crippen molar-refractivity contribution < 1.29 is 29.5 Å². The Morgan fingerprint density at radius 2 is 0.736 bits per heavy atom. The molecule has 0 spiro atoms. The van der Waals surface area contributed by atoms with E-state index in [0.717, 1.165) is 55.4 Å². The summed E-state index contributed by atoms with van der Waals surface area (Å²) in [7, 11) is 0. The Morgan fingerprint density at radius 1 is 0.434 bits per heavy atom. The van der Waals surface area contributed by atoms with Crippen LogP contribution in [0.2, 0.25) is 0 Å². The number of ether oxygens (including phenoxy) is 3. The van der Waals surface area contributed by atoms with Crippen molar-refractivity contribution in [1.82, 2.24) is 0 Å². The molecule has 0 unspecified atom stereocenters. The largest absolute Gasteiger partial charge is 0.506 e. The molecule has 9 nitrogen and oxygen atoms in total. The number of hydrogen-bond donors (Lipinski definition) is 6. The van der Waals surface area contributed by atoms with Crippen LogP contribution in [0, 0.1) is 35.5 Å². The van der Waals surface area contributed by atoms with Crippen molar-refractivity contribution in [3.63, 3.8) is 0 Å². The summed E-state index contributed by atoms with van der Waals surface area (Å²) < 4.78 is 21.2. The summed E-state index contributed by atoms with van der Waals surface area (Å²) in [5, 5.41) is 32.2. The SMILES string of the molecule is Nc1ccc(Oc2cc(Oc3ccc(N)c(O)c3)c(C34CC5CC(CC(C5)C3)C4)c(Oc3ccc(N)c(O)c3)c2C23CC4CC(CC(C4)C2)C3)cc1O. The van der Waals surface area contributed by atoms with Gasteiger partial charge in [-0.05, 0) is 149 Å². The number of nitrogens with two attached hydrogens (primary N) is 3. The minimum absolute atomic E-state index is 0.0335. The summed E-state index contributed by atoms with van der Waals surface area (Å²) in [5.74, 6) is 7.10. The summed E-state index contributed by atoms with van der Waals surface area (Å²) in [5.41, 5.74) is 20.7. The molecule has 4 aromatic carbocycles. The fraction of sp³-hybridized carbons (Fsp3) is 0.455. The van der Waals surface area contributed by atoms with Crippen LogP contribution in [-0.4, -0.2) is 15.3 Å². The molecule has 0 heterocycles. The van der Waals surface area contributed by atoms with Crippen LogP contribution in [0.1, 0.15) is 88.2 Å². The van der Waals surface area contributed by atoms with Gasteiger partial charge in [0.1, 0.15) is 51.7 Å². The molecule has 276 valence electrons. The second-order valence-corrected chi connectivity index (χ2v) is 17.8. The number of rotatable bonds is 8. The van der Waals surface area contributed by atoms with E-state index in [0.29, 0.717) is 64.3 Å². The second-order valence-electron chi connectivity index (χ2n) is 17.8. The van der Waals surface area contributed by atoms with Crippen molar-refractivity contribution in [2.45, 2.75) is 87.9 Å². The van der Waals surface area contributed by atoms with Gasteiger partial charge in [-0.2, -0.15) is 0 Å². The predicted octanol–water partition coefficient (Wildman–Crippen LogP) is 9.86. The Bertz CT molecular complexity index is 1940. The van der Waals surface area contributed by atoms with Crippen molar-refractivity contribution >= 4 is 17.1 Å². The van der Waals surface area contributed by atoms with Gasteiger partial charge < -0.3 is 46.7 Å². The van der Waals surface area contributed by atoms with Crippen LogP contribution in [0.5, 0.6) is 51.7 Å². The quantitative estimate of drug-likeness (QED) is 0.0769. The molecule has 8 saturated carbocycles. The first-order chi connectivity index (χ1) is 25.5. The van der Waals surface area contributed by atoms with Crippen LogP contribution in [0.3, 0.4) is 0 Å². The maximum absolute atomic E-state index is 10.9. The van der Waals surface area contributed by atoms with Gasteiger partial charge in [-0.25, -0.2) is 0 Å². The highest BCUT2D eigenvalue weighted by Crippen LogP contribution is 2.69. The summed E-state index contributed by atoms with van der Waals surface area (Å²) in [6, 6.07) is 17.2. The number of nitrogen functional groups attached to an aromatic ring is 3. The maximum atomic E-state index is 10.9. The van der Waals surface area contributed by atoms with E-state index in [9.17, 15) is 15.3 Å². The molecule has 9 heteroatoms. The summed E-state index contributed by atoms with van der Waals surface area (Å²) >= 11 is 0. The lowest BCUT2D eigenvalue weighted by Gasteiger charge is -2.59. The number of phenolic OH excluding ortho intramolecular Hbond substituents is 3. The van der Waals surface area contributed by atoms with E-state index in [1.54, 1.807) is 48.5 Å².